The Morgan fingerprint density at radius 2 is 1.52 bits per heavy atom. The second-order valence-electron chi connectivity index (χ2n) is 5.20. The normalized spacial score (nSPS) is 11.3. The van der Waals surface area contributed by atoms with E-state index < -0.39 is 10.0 Å². The van der Waals surface area contributed by atoms with E-state index in [1.54, 1.807) is 36.4 Å². The number of ether oxygens (including phenoxy) is 2. The lowest BCUT2D eigenvalue weighted by Gasteiger charge is -2.12. The van der Waals surface area contributed by atoms with Crippen LogP contribution in [0.25, 0.3) is 0 Å². The summed E-state index contributed by atoms with van der Waals surface area (Å²) in [7, 11) is -3.63. The zero-order chi connectivity index (χ0) is 16.9. The fourth-order valence-corrected chi connectivity index (χ4v) is 3.03. The van der Waals surface area contributed by atoms with E-state index in [1.165, 1.54) is 12.1 Å². The van der Waals surface area contributed by atoms with Gasteiger partial charge in [-0.2, -0.15) is 0 Å². The minimum Gasteiger partial charge on any atom is -0.494 e. The predicted octanol–water partition coefficient (Wildman–Crippen LogP) is 3.67. The Morgan fingerprint density at radius 1 is 0.957 bits per heavy atom. The lowest BCUT2D eigenvalue weighted by Crippen LogP contribution is -2.13. The molecule has 0 radical (unpaired) electrons. The Morgan fingerprint density at radius 3 is 2.04 bits per heavy atom. The molecule has 0 aliphatic heterocycles. The molecule has 0 fully saturated rings. The van der Waals surface area contributed by atoms with E-state index in [9.17, 15) is 8.42 Å². The van der Waals surface area contributed by atoms with Crippen molar-refractivity contribution in [2.24, 2.45) is 0 Å². The van der Waals surface area contributed by atoms with Crippen LogP contribution in [0.4, 0.5) is 5.69 Å². The average Bonchev–Trinajstić information content (AvgIpc) is 2.49. The summed E-state index contributed by atoms with van der Waals surface area (Å²) < 4.78 is 38.1. The number of rotatable bonds is 7. The Hall–Kier alpha value is -2.21. The third kappa shape index (κ3) is 4.89. The summed E-state index contributed by atoms with van der Waals surface area (Å²) in [5, 5.41) is 0. The summed E-state index contributed by atoms with van der Waals surface area (Å²) >= 11 is 0. The molecule has 0 aliphatic rings. The molecule has 124 valence electrons. The summed E-state index contributed by atoms with van der Waals surface area (Å²) in [5.74, 6) is 1.34. The summed E-state index contributed by atoms with van der Waals surface area (Å²) in [6.07, 6.45) is 0.0707. The lowest BCUT2D eigenvalue weighted by molar-refractivity contribution is 0.242. The zero-order valence-corrected chi connectivity index (χ0v) is 14.3. The molecule has 0 aliphatic carbocycles. The summed E-state index contributed by atoms with van der Waals surface area (Å²) in [6.45, 7) is 6.28. The third-order valence-electron chi connectivity index (χ3n) is 2.92. The van der Waals surface area contributed by atoms with Crippen LogP contribution in [0, 0.1) is 0 Å². The molecule has 0 saturated heterocycles. The Labute approximate surface area is 137 Å². The maximum atomic E-state index is 12.4. The van der Waals surface area contributed by atoms with Crippen LogP contribution in [-0.2, 0) is 10.0 Å². The van der Waals surface area contributed by atoms with Crippen molar-refractivity contribution in [3.63, 3.8) is 0 Å². The van der Waals surface area contributed by atoms with Crippen LogP contribution in [0.3, 0.4) is 0 Å². The molecule has 2 aromatic carbocycles. The highest BCUT2D eigenvalue weighted by Gasteiger charge is 2.14. The van der Waals surface area contributed by atoms with Gasteiger partial charge in [0, 0.05) is 5.69 Å². The molecule has 23 heavy (non-hydrogen) atoms. The van der Waals surface area contributed by atoms with E-state index in [0.717, 1.165) is 0 Å². The first-order valence-electron chi connectivity index (χ1n) is 7.43. The fourth-order valence-electron chi connectivity index (χ4n) is 1.97. The van der Waals surface area contributed by atoms with Crippen molar-refractivity contribution in [2.75, 3.05) is 11.3 Å². The highest BCUT2D eigenvalue weighted by atomic mass is 32.2. The SMILES string of the molecule is CCOc1ccc(S(=O)(=O)Nc2ccc(OC(C)C)cc2)cc1. The van der Waals surface area contributed by atoms with Crippen molar-refractivity contribution in [3.8, 4) is 11.5 Å². The van der Waals surface area contributed by atoms with E-state index in [1.807, 2.05) is 20.8 Å². The Kier molecular flexibility index (Phi) is 5.50. The molecule has 1 N–H and O–H groups in total. The van der Waals surface area contributed by atoms with Crippen LogP contribution < -0.4 is 14.2 Å². The number of hydrogen-bond acceptors (Lipinski definition) is 4. The van der Waals surface area contributed by atoms with Crippen LogP contribution in [0.2, 0.25) is 0 Å². The molecular formula is C17H21NO4S. The molecule has 5 nitrogen and oxygen atoms in total. The van der Waals surface area contributed by atoms with Crippen LogP contribution in [0.1, 0.15) is 20.8 Å². The van der Waals surface area contributed by atoms with Gasteiger partial charge in [-0.05, 0) is 69.3 Å². The molecular weight excluding hydrogens is 314 g/mol. The predicted molar refractivity (Wildman–Crippen MR) is 90.6 cm³/mol. The van der Waals surface area contributed by atoms with Gasteiger partial charge in [0.05, 0.1) is 17.6 Å². The summed E-state index contributed by atoms with van der Waals surface area (Å²) in [4.78, 5) is 0.184. The van der Waals surface area contributed by atoms with Crippen molar-refractivity contribution >= 4 is 15.7 Å². The molecule has 0 amide bonds. The number of sulfonamides is 1. The molecule has 6 heteroatoms. The van der Waals surface area contributed by atoms with Crippen molar-refractivity contribution in [2.45, 2.75) is 31.8 Å². The lowest BCUT2D eigenvalue weighted by atomic mass is 10.3. The van der Waals surface area contributed by atoms with Gasteiger partial charge in [-0.15, -0.1) is 0 Å². The fraction of sp³-hybridized carbons (Fsp3) is 0.294. The molecule has 0 bridgehead atoms. The first-order chi connectivity index (χ1) is 10.9. The zero-order valence-electron chi connectivity index (χ0n) is 13.4. The maximum absolute atomic E-state index is 12.4. The molecule has 0 heterocycles. The minimum atomic E-state index is -3.63. The van der Waals surface area contributed by atoms with Gasteiger partial charge < -0.3 is 9.47 Å². The Balaban J connectivity index is 2.11. The molecule has 0 atom stereocenters. The van der Waals surface area contributed by atoms with Crippen LogP contribution in [0.5, 0.6) is 11.5 Å². The summed E-state index contributed by atoms with van der Waals surface area (Å²) in [6, 6.07) is 13.1. The van der Waals surface area contributed by atoms with E-state index in [0.29, 0.717) is 23.8 Å². The number of hydrogen-bond donors (Lipinski definition) is 1. The van der Waals surface area contributed by atoms with E-state index >= 15 is 0 Å². The number of benzene rings is 2. The topological polar surface area (TPSA) is 64.6 Å². The monoisotopic (exact) mass is 335 g/mol. The number of anilines is 1. The second-order valence-corrected chi connectivity index (χ2v) is 6.88. The number of nitrogens with one attached hydrogen (secondary N) is 1. The van der Waals surface area contributed by atoms with Crippen molar-refractivity contribution < 1.29 is 17.9 Å². The van der Waals surface area contributed by atoms with Gasteiger partial charge in [0.25, 0.3) is 10.0 Å². The largest absolute Gasteiger partial charge is 0.494 e. The molecule has 2 aromatic rings. The highest BCUT2D eigenvalue weighted by Crippen LogP contribution is 2.21. The van der Waals surface area contributed by atoms with Gasteiger partial charge in [-0.3, -0.25) is 4.72 Å². The minimum absolute atomic E-state index is 0.0707. The van der Waals surface area contributed by atoms with Gasteiger partial charge in [0.15, 0.2) is 0 Å². The first kappa shape index (κ1) is 17.1. The molecule has 0 saturated carbocycles. The quantitative estimate of drug-likeness (QED) is 0.838. The molecule has 2 rings (SSSR count). The summed E-state index contributed by atoms with van der Waals surface area (Å²) in [5.41, 5.74) is 0.481. The van der Waals surface area contributed by atoms with Gasteiger partial charge in [-0.1, -0.05) is 0 Å². The van der Waals surface area contributed by atoms with Gasteiger partial charge in [0.2, 0.25) is 0 Å². The highest BCUT2D eigenvalue weighted by molar-refractivity contribution is 7.92. The van der Waals surface area contributed by atoms with Crippen LogP contribution >= 0.6 is 0 Å². The first-order valence-corrected chi connectivity index (χ1v) is 8.91. The van der Waals surface area contributed by atoms with E-state index in [-0.39, 0.29) is 11.0 Å². The standard InChI is InChI=1S/C17H21NO4S/c1-4-21-15-9-11-17(12-10-15)23(19,20)18-14-5-7-16(8-6-14)22-13(2)3/h5-13,18H,4H2,1-3H3. The Bertz CT molecular complexity index is 722. The smallest absolute Gasteiger partial charge is 0.261 e. The average molecular weight is 335 g/mol. The van der Waals surface area contributed by atoms with Crippen molar-refractivity contribution in [3.05, 3.63) is 48.5 Å². The van der Waals surface area contributed by atoms with E-state index in [2.05, 4.69) is 4.72 Å². The van der Waals surface area contributed by atoms with Gasteiger partial charge in [-0.25, -0.2) is 8.42 Å². The van der Waals surface area contributed by atoms with Gasteiger partial charge >= 0.3 is 0 Å². The van der Waals surface area contributed by atoms with E-state index in [4.69, 9.17) is 9.47 Å². The maximum Gasteiger partial charge on any atom is 0.261 e. The van der Waals surface area contributed by atoms with Crippen LogP contribution in [0.15, 0.2) is 53.4 Å². The molecule has 0 spiro atoms. The third-order valence-corrected chi connectivity index (χ3v) is 4.32. The van der Waals surface area contributed by atoms with Crippen LogP contribution in [-0.4, -0.2) is 21.1 Å². The molecule has 0 unspecified atom stereocenters. The molecule has 0 aromatic heterocycles. The van der Waals surface area contributed by atoms with Crippen molar-refractivity contribution in [1.82, 2.24) is 0 Å². The second kappa shape index (κ2) is 7.37. The van der Waals surface area contributed by atoms with Gasteiger partial charge in [0.1, 0.15) is 11.5 Å². The van der Waals surface area contributed by atoms with Crippen molar-refractivity contribution in [1.29, 1.82) is 0 Å².